The van der Waals surface area contributed by atoms with E-state index in [4.69, 9.17) is 9.84 Å². The summed E-state index contributed by atoms with van der Waals surface area (Å²) in [4.78, 5) is 35.7. The number of hydrogen-bond donors (Lipinski definition) is 3. The van der Waals surface area contributed by atoms with Crippen LogP contribution in [-0.4, -0.2) is 40.7 Å². The van der Waals surface area contributed by atoms with Crippen LogP contribution in [0.1, 0.15) is 23.2 Å². The van der Waals surface area contributed by atoms with Crippen LogP contribution in [0.15, 0.2) is 23.1 Å². The second kappa shape index (κ2) is 5.66. The Hall–Kier alpha value is -2.15. The maximum Gasteiger partial charge on any atom is 0.332 e. The number of carbonyl (C=O) groups excluding carboxylic acids is 1. The van der Waals surface area contributed by atoms with Gasteiger partial charge in [0.2, 0.25) is 5.56 Å². The standard InChI is InChI=1S/C12H14N2O5/c15-10-4-1-7(5-13-10)11(16)14-6-8-2-3-9(19-8)12(17)18/h1,4-5,8-9H,2-3,6H2,(H,13,15)(H,14,16)(H,17,18). The number of ether oxygens (including phenoxy) is 1. The number of H-pyrrole nitrogens is 1. The van der Waals surface area contributed by atoms with Crippen LogP contribution >= 0.6 is 0 Å². The van der Waals surface area contributed by atoms with E-state index in [9.17, 15) is 14.4 Å². The van der Waals surface area contributed by atoms with Gasteiger partial charge in [-0.2, -0.15) is 0 Å². The van der Waals surface area contributed by atoms with Gasteiger partial charge in [-0.05, 0) is 18.9 Å². The lowest BCUT2D eigenvalue weighted by Gasteiger charge is -2.12. The predicted molar refractivity (Wildman–Crippen MR) is 64.9 cm³/mol. The molecule has 1 aromatic heterocycles. The lowest BCUT2D eigenvalue weighted by atomic mass is 10.2. The number of nitrogens with one attached hydrogen (secondary N) is 2. The number of carboxylic acid groups (broad SMARTS) is 1. The summed E-state index contributed by atoms with van der Waals surface area (Å²) in [6.45, 7) is 0.252. The van der Waals surface area contributed by atoms with Gasteiger partial charge in [0.25, 0.3) is 5.91 Å². The third-order valence-electron chi connectivity index (χ3n) is 2.92. The number of amides is 1. The molecule has 0 aromatic carbocycles. The summed E-state index contributed by atoms with van der Waals surface area (Å²) in [6.07, 6.45) is 1.31. The molecule has 2 rings (SSSR count). The third kappa shape index (κ3) is 3.41. The number of carboxylic acids is 1. The van der Waals surface area contributed by atoms with Crippen molar-refractivity contribution in [1.29, 1.82) is 0 Å². The lowest BCUT2D eigenvalue weighted by molar-refractivity contribution is -0.149. The average molecular weight is 266 g/mol. The first-order chi connectivity index (χ1) is 9.06. The fourth-order valence-corrected chi connectivity index (χ4v) is 1.90. The van der Waals surface area contributed by atoms with Crippen molar-refractivity contribution in [1.82, 2.24) is 10.3 Å². The van der Waals surface area contributed by atoms with Crippen LogP contribution in [0.25, 0.3) is 0 Å². The van der Waals surface area contributed by atoms with Crippen LogP contribution < -0.4 is 10.9 Å². The van der Waals surface area contributed by atoms with Crippen molar-refractivity contribution >= 4 is 11.9 Å². The highest BCUT2D eigenvalue weighted by molar-refractivity contribution is 5.93. The molecule has 0 spiro atoms. The minimum atomic E-state index is -0.977. The van der Waals surface area contributed by atoms with Crippen LogP contribution in [0, 0.1) is 0 Å². The highest BCUT2D eigenvalue weighted by atomic mass is 16.5. The minimum Gasteiger partial charge on any atom is -0.479 e. The number of hydrogen-bond acceptors (Lipinski definition) is 4. The number of aromatic amines is 1. The first-order valence-corrected chi connectivity index (χ1v) is 5.91. The van der Waals surface area contributed by atoms with Gasteiger partial charge in [-0.15, -0.1) is 0 Å². The topological polar surface area (TPSA) is 108 Å². The van der Waals surface area contributed by atoms with E-state index in [1.807, 2.05) is 0 Å². The molecule has 0 saturated carbocycles. The fraction of sp³-hybridized carbons (Fsp3) is 0.417. The molecule has 1 aromatic rings. The molecule has 1 aliphatic rings. The zero-order valence-electron chi connectivity index (χ0n) is 10.1. The molecule has 19 heavy (non-hydrogen) atoms. The molecule has 102 valence electrons. The maximum atomic E-state index is 11.7. The van der Waals surface area contributed by atoms with Gasteiger partial charge in [0.05, 0.1) is 11.7 Å². The highest BCUT2D eigenvalue weighted by Crippen LogP contribution is 2.19. The molecule has 7 heteroatoms. The first-order valence-electron chi connectivity index (χ1n) is 5.91. The van der Waals surface area contributed by atoms with Crippen molar-refractivity contribution in [3.8, 4) is 0 Å². The zero-order valence-corrected chi connectivity index (χ0v) is 10.1. The quantitative estimate of drug-likeness (QED) is 0.695. The molecular formula is C12H14N2O5. The molecule has 3 N–H and O–H groups in total. The van der Waals surface area contributed by atoms with Crippen LogP contribution in [0.2, 0.25) is 0 Å². The van der Waals surface area contributed by atoms with Gasteiger partial charge >= 0.3 is 5.97 Å². The monoisotopic (exact) mass is 266 g/mol. The predicted octanol–water partition coefficient (Wildman–Crippen LogP) is -0.263. The van der Waals surface area contributed by atoms with E-state index in [1.165, 1.54) is 18.3 Å². The largest absolute Gasteiger partial charge is 0.479 e. The van der Waals surface area contributed by atoms with Crippen LogP contribution in [-0.2, 0) is 9.53 Å². The second-order valence-corrected chi connectivity index (χ2v) is 4.31. The molecule has 1 fully saturated rings. The summed E-state index contributed by atoms with van der Waals surface area (Å²) in [5.41, 5.74) is 0.0624. The molecule has 0 aliphatic carbocycles. The molecule has 2 heterocycles. The molecule has 0 radical (unpaired) electrons. The summed E-state index contributed by atoms with van der Waals surface area (Å²) < 4.78 is 5.26. The van der Waals surface area contributed by atoms with E-state index in [1.54, 1.807) is 0 Å². The van der Waals surface area contributed by atoms with Crippen LogP contribution in [0.3, 0.4) is 0 Å². The molecule has 2 unspecified atom stereocenters. The third-order valence-corrected chi connectivity index (χ3v) is 2.92. The SMILES string of the molecule is O=C(NCC1CCC(C(=O)O)O1)c1ccc(=O)[nH]c1. The second-order valence-electron chi connectivity index (χ2n) is 4.31. The number of aliphatic carboxylic acids is 1. The van der Waals surface area contributed by atoms with Crippen molar-refractivity contribution in [2.24, 2.45) is 0 Å². The van der Waals surface area contributed by atoms with E-state index in [0.29, 0.717) is 18.4 Å². The molecular weight excluding hydrogens is 252 g/mol. The first kappa shape index (κ1) is 13.3. The Morgan fingerprint density at radius 1 is 1.42 bits per heavy atom. The van der Waals surface area contributed by atoms with Crippen molar-refractivity contribution in [2.75, 3.05) is 6.54 Å². The summed E-state index contributed by atoms with van der Waals surface area (Å²) in [5, 5.41) is 11.4. The van der Waals surface area contributed by atoms with Crippen molar-refractivity contribution in [2.45, 2.75) is 25.0 Å². The summed E-state index contributed by atoms with van der Waals surface area (Å²) in [6, 6.07) is 2.69. The Kier molecular flexibility index (Phi) is 3.96. The van der Waals surface area contributed by atoms with E-state index in [0.717, 1.165) is 0 Å². The Morgan fingerprint density at radius 3 is 2.79 bits per heavy atom. The number of pyridine rings is 1. The van der Waals surface area contributed by atoms with Gasteiger partial charge in [0.1, 0.15) is 0 Å². The summed E-state index contributed by atoms with van der Waals surface area (Å²) >= 11 is 0. The zero-order chi connectivity index (χ0) is 13.8. The van der Waals surface area contributed by atoms with Gasteiger partial charge in [0.15, 0.2) is 6.10 Å². The van der Waals surface area contributed by atoms with E-state index in [2.05, 4.69) is 10.3 Å². The van der Waals surface area contributed by atoms with E-state index < -0.39 is 12.1 Å². The van der Waals surface area contributed by atoms with Gasteiger partial charge < -0.3 is 20.1 Å². The van der Waals surface area contributed by atoms with Crippen molar-refractivity contribution in [3.05, 3.63) is 34.2 Å². The average Bonchev–Trinajstić information content (AvgIpc) is 2.86. The smallest absolute Gasteiger partial charge is 0.332 e. The molecule has 0 bridgehead atoms. The highest BCUT2D eigenvalue weighted by Gasteiger charge is 2.30. The van der Waals surface area contributed by atoms with Gasteiger partial charge in [-0.3, -0.25) is 9.59 Å². The van der Waals surface area contributed by atoms with E-state index in [-0.39, 0.29) is 24.1 Å². The molecule has 7 nitrogen and oxygen atoms in total. The van der Waals surface area contributed by atoms with Crippen LogP contribution in [0.4, 0.5) is 0 Å². The number of aromatic nitrogens is 1. The minimum absolute atomic E-state index is 0.252. The van der Waals surface area contributed by atoms with Crippen molar-refractivity contribution in [3.63, 3.8) is 0 Å². The Balaban J connectivity index is 1.83. The number of carbonyl (C=O) groups is 2. The molecule has 1 amide bonds. The molecule has 1 saturated heterocycles. The Labute approximate surface area is 108 Å². The molecule has 2 atom stereocenters. The number of rotatable bonds is 4. The van der Waals surface area contributed by atoms with E-state index >= 15 is 0 Å². The molecule has 1 aliphatic heterocycles. The normalized spacial score (nSPS) is 22.1. The Morgan fingerprint density at radius 2 is 2.21 bits per heavy atom. The van der Waals surface area contributed by atoms with Crippen LogP contribution in [0.5, 0.6) is 0 Å². The maximum absolute atomic E-state index is 11.7. The summed E-state index contributed by atoms with van der Waals surface area (Å²) in [5.74, 6) is -1.31. The summed E-state index contributed by atoms with van der Waals surface area (Å²) in [7, 11) is 0. The lowest BCUT2D eigenvalue weighted by Crippen LogP contribution is -2.33. The van der Waals surface area contributed by atoms with Gasteiger partial charge in [-0.1, -0.05) is 0 Å². The Bertz CT molecular complexity index is 519. The van der Waals surface area contributed by atoms with Gasteiger partial charge in [-0.25, -0.2) is 4.79 Å². The fourth-order valence-electron chi connectivity index (χ4n) is 1.90. The van der Waals surface area contributed by atoms with Gasteiger partial charge in [0, 0.05) is 18.8 Å². The van der Waals surface area contributed by atoms with Crippen molar-refractivity contribution < 1.29 is 19.4 Å².